The summed E-state index contributed by atoms with van der Waals surface area (Å²) in [4.78, 5) is 15.6. The number of amides is 2. The van der Waals surface area contributed by atoms with Crippen molar-refractivity contribution < 1.29 is 14.3 Å². The second kappa shape index (κ2) is 17.1. The molecule has 1 saturated carbocycles. The van der Waals surface area contributed by atoms with E-state index in [1.54, 1.807) is 7.11 Å². The summed E-state index contributed by atoms with van der Waals surface area (Å²) >= 11 is 0. The van der Waals surface area contributed by atoms with Crippen LogP contribution in [0.3, 0.4) is 0 Å². The molecule has 2 amide bonds. The Bertz CT molecular complexity index is 738. The highest BCUT2D eigenvalue weighted by Crippen LogP contribution is 2.33. The molecular weight excluding hydrogens is 462 g/mol. The van der Waals surface area contributed by atoms with Crippen molar-refractivity contribution in [3.63, 3.8) is 0 Å². The van der Waals surface area contributed by atoms with E-state index in [9.17, 15) is 4.79 Å². The number of urea groups is 1. The van der Waals surface area contributed by atoms with Crippen molar-refractivity contribution in [2.24, 2.45) is 17.8 Å². The third kappa shape index (κ3) is 10.9. The van der Waals surface area contributed by atoms with Gasteiger partial charge in [0.25, 0.3) is 0 Å². The third-order valence-corrected chi connectivity index (χ3v) is 8.05. The number of rotatable bonds is 15. The second-order valence-electron chi connectivity index (χ2n) is 11.7. The first-order valence-electron chi connectivity index (χ1n) is 15.0. The molecule has 2 aliphatic rings. The van der Waals surface area contributed by atoms with Crippen LogP contribution in [0.2, 0.25) is 0 Å². The fourth-order valence-corrected chi connectivity index (χ4v) is 5.95. The molecule has 3 atom stereocenters. The lowest BCUT2D eigenvalue weighted by atomic mass is 9.84. The van der Waals surface area contributed by atoms with E-state index in [-0.39, 0.29) is 18.2 Å². The summed E-state index contributed by atoms with van der Waals surface area (Å²) in [6.45, 7) is 9.34. The van der Waals surface area contributed by atoms with Crippen molar-refractivity contribution in [3.05, 3.63) is 35.9 Å². The summed E-state index contributed by atoms with van der Waals surface area (Å²) in [6.07, 6.45) is 11.9. The molecule has 1 unspecified atom stereocenters. The minimum absolute atomic E-state index is 0.00407. The van der Waals surface area contributed by atoms with Crippen LogP contribution in [0.25, 0.3) is 0 Å². The van der Waals surface area contributed by atoms with Gasteiger partial charge >= 0.3 is 6.03 Å². The van der Waals surface area contributed by atoms with Crippen molar-refractivity contribution in [2.75, 3.05) is 46.5 Å². The first-order valence-corrected chi connectivity index (χ1v) is 15.0. The lowest BCUT2D eigenvalue weighted by Gasteiger charge is -2.38. The van der Waals surface area contributed by atoms with Gasteiger partial charge in [-0.25, -0.2) is 4.79 Å². The van der Waals surface area contributed by atoms with Crippen molar-refractivity contribution in [3.8, 4) is 0 Å². The average Bonchev–Trinajstić information content (AvgIpc) is 2.92. The zero-order valence-electron chi connectivity index (χ0n) is 23.8. The number of nitrogens with zero attached hydrogens (tertiary/aromatic N) is 1. The van der Waals surface area contributed by atoms with Crippen LogP contribution < -0.4 is 10.6 Å². The molecule has 3 rings (SSSR count). The summed E-state index contributed by atoms with van der Waals surface area (Å²) in [5.74, 6) is 1.73. The number of hydrogen-bond acceptors (Lipinski definition) is 4. The van der Waals surface area contributed by atoms with Crippen LogP contribution in [0.4, 0.5) is 4.79 Å². The standard InChI is InChI=1S/C31H53N3O3/c1-25(2)17-18-32-23-29(22-26-12-6-4-7-13-26)33-31(35)34-19-10-16-28(24-34)30(37-21-11-20-36-3)27-14-8-5-9-15-27/h5,8-9,14-15,25-26,28-30,32H,4,6-7,10-13,16-24H2,1-3H3,(H,33,35)/t28-,29+,30?/m1/s1. The van der Waals surface area contributed by atoms with E-state index in [2.05, 4.69) is 48.7 Å². The van der Waals surface area contributed by atoms with E-state index < -0.39 is 0 Å². The van der Waals surface area contributed by atoms with Gasteiger partial charge in [-0.2, -0.15) is 0 Å². The molecule has 1 aliphatic carbocycles. The van der Waals surface area contributed by atoms with Crippen LogP contribution in [-0.2, 0) is 9.47 Å². The number of piperidine rings is 1. The Hall–Kier alpha value is -1.63. The smallest absolute Gasteiger partial charge is 0.317 e. The van der Waals surface area contributed by atoms with Crippen molar-refractivity contribution in [1.82, 2.24) is 15.5 Å². The van der Waals surface area contributed by atoms with Crippen molar-refractivity contribution in [2.45, 2.75) is 90.2 Å². The number of methoxy groups -OCH3 is 1. The van der Waals surface area contributed by atoms with Crippen LogP contribution in [0.1, 0.15) is 89.7 Å². The lowest BCUT2D eigenvalue weighted by Crippen LogP contribution is -2.52. The Morgan fingerprint density at radius 1 is 1.05 bits per heavy atom. The third-order valence-electron chi connectivity index (χ3n) is 8.05. The first kappa shape index (κ1) is 29.9. The molecule has 1 aliphatic heterocycles. The predicted octanol–water partition coefficient (Wildman–Crippen LogP) is 6.18. The molecule has 37 heavy (non-hydrogen) atoms. The van der Waals surface area contributed by atoms with Crippen LogP contribution in [-0.4, -0.2) is 63.5 Å². The van der Waals surface area contributed by atoms with E-state index >= 15 is 0 Å². The number of ether oxygens (including phenoxy) is 2. The highest BCUT2D eigenvalue weighted by Gasteiger charge is 2.32. The molecule has 2 N–H and O–H groups in total. The van der Waals surface area contributed by atoms with Gasteiger partial charge < -0.3 is 25.0 Å². The van der Waals surface area contributed by atoms with E-state index in [0.29, 0.717) is 25.0 Å². The molecule has 210 valence electrons. The number of likely N-dealkylation sites (tertiary alicyclic amines) is 1. The Morgan fingerprint density at radius 3 is 2.57 bits per heavy atom. The topological polar surface area (TPSA) is 62.8 Å². The molecule has 0 bridgehead atoms. The van der Waals surface area contributed by atoms with Gasteiger partial charge in [-0.3, -0.25) is 0 Å². The zero-order valence-corrected chi connectivity index (χ0v) is 23.8. The molecular formula is C31H53N3O3. The molecule has 1 aromatic rings. The minimum Gasteiger partial charge on any atom is -0.385 e. The number of nitrogens with one attached hydrogen (secondary N) is 2. The Morgan fingerprint density at radius 2 is 1.84 bits per heavy atom. The van der Waals surface area contributed by atoms with Gasteiger partial charge in [-0.1, -0.05) is 76.3 Å². The average molecular weight is 516 g/mol. The zero-order chi connectivity index (χ0) is 26.3. The van der Waals surface area contributed by atoms with Gasteiger partial charge in [0, 0.05) is 51.9 Å². The van der Waals surface area contributed by atoms with E-state index in [1.807, 2.05) is 11.0 Å². The SMILES string of the molecule is COCCCOC(c1ccccc1)[C@@H]1CCCN(C(=O)N[C@H](CNCCC(C)C)CC2CCCCC2)C1. The molecule has 6 nitrogen and oxygen atoms in total. The van der Waals surface area contributed by atoms with Crippen LogP contribution in [0.15, 0.2) is 30.3 Å². The maximum absolute atomic E-state index is 13.5. The lowest BCUT2D eigenvalue weighted by molar-refractivity contribution is -0.0168. The van der Waals surface area contributed by atoms with Crippen molar-refractivity contribution >= 4 is 6.03 Å². The fraction of sp³-hybridized carbons (Fsp3) is 0.774. The number of carbonyl (C=O) groups is 1. The van der Waals surface area contributed by atoms with E-state index in [4.69, 9.17) is 9.47 Å². The molecule has 0 radical (unpaired) electrons. The Balaban J connectivity index is 1.59. The maximum atomic E-state index is 13.5. The first-order chi connectivity index (χ1) is 18.1. The molecule has 0 aromatic heterocycles. The van der Waals surface area contributed by atoms with Gasteiger partial charge in [-0.05, 0) is 56.0 Å². The molecule has 1 heterocycles. The fourth-order valence-electron chi connectivity index (χ4n) is 5.95. The van der Waals surface area contributed by atoms with Gasteiger partial charge in [0.15, 0.2) is 0 Å². The van der Waals surface area contributed by atoms with Crippen LogP contribution in [0, 0.1) is 17.8 Å². The minimum atomic E-state index is 0.00407. The molecule has 0 spiro atoms. The highest BCUT2D eigenvalue weighted by atomic mass is 16.5. The maximum Gasteiger partial charge on any atom is 0.317 e. The summed E-state index contributed by atoms with van der Waals surface area (Å²) in [5.41, 5.74) is 1.21. The summed E-state index contributed by atoms with van der Waals surface area (Å²) in [7, 11) is 1.73. The number of hydrogen-bond donors (Lipinski definition) is 2. The molecule has 1 aromatic carbocycles. The summed E-state index contributed by atoms with van der Waals surface area (Å²) in [6, 6.07) is 10.8. The van der Waals surface area contributed by atoms with Crippen LogP contribution in [0.5, 0.6) is 0 Å². The predicted molar refractivity (Wildman–Crippen MR) is 152 cm³/mol. The van der Waals surface area contributed by atoms with E-state index in [0.717, 1.165) is 57.8 Å². The Kier molecular flexibility index (Phi) is 13.8. The largest absolute Gasteiger partial charge is 0.385 e. The number of benzene rings is 1. The monoisotopic (exact) mass is 515 g/mol. The quantitative estimate of drug-likeness (QED) is 0.274. The van der Waals surface area contributed by atoms with Crippen LogP contribution >= 0.6 is 0 Å². The van der Waals surface area contributed by atoms with Gasteiger partial charge in [0.05, 0.1) is 6.10 Å². The summed E-state index contributed by atoms with van der Waals surface area (Å²) < 4.78 is 11.6. The van der Waals surface area contributed by atoms with Gasteiger partial charge in [-0.15, -0.1) is 0 Å². The second-order valence-corrected chi connectivity index (χ2v) is 11.7. The van der Waals surface area contributed by atoms with Gasteiger partial charge in [0.2, 0.25) is 0 Å². The molecule has 2 fully saturated rings. The van der Waals surface area contributed by atoms with Gasteiger partial charge in [0.1, 0.15) is 0 Å². The highest BCUT2D eigenvalue weighted by molar-refractivity contribution is 5.74. The summed E-state index contributed by atoms with van der Waals surface area (Å²) in [5, 5.41) is 7.08. The molecule has 1 saturated heterocycles. The number of carbonyl (C=O) groups excluding carboxylic acids is 1. The van der Waals surface area contributed by atoms with E-state index in [1.165, 1.54) is 44.1 Å². The van der Waals surface area contributed by atoms with Crippen molar-refractivity contribution in [1.29, 1.82) is 0 Å². The normalized spacial score (nSPS) is 20.6. The Labute approximate surface area is 226 Å². The molecule has 6 heteroatoms.